The molecule has 25 heavy (non-hydrogen) atoms. The van der Waals surface area contributed by atoms with E-state index in [4.69, 9.17) is 14.6 Å². The highest BCUT2D eigenvalue weighted by Crippen LogP contribution is 2.30. The van der Waals surface area contributed by atoms with Crippen LogP contribution in [0.1, 0.15) is 19.8 Å². The summed E-state index contributed by atoms with van der Waals surface area (Å²) in [5, 5.41) is 9.00. The molecule has 1 heterocycles. The summed E-state index contributed by atoms with van der Waals surface area (Å²) in [6.45, 7) is 2.14. The monoisotopic (exact) mass is 393 g/mol. The fourth-order valence-corrected chi connectivity index (χ4v) is 4.97. The smallest absolute Gasteiger partial charge is 0.240 e. The van der Waals surface area contributed by atoms with Gasteiger partial charge in [-0.1, -0.05) is 0 Å². The van der Waals surface area contributed by atoms with Gasteiger partial charge in [0, 0.05) is 6.54 Å². The SMILES string of the molecule is CCOc1ccc(S(=O)(=O)NCC2(OCCO)CCSCC2)cc1F. The maximum atomic E-state index is 13.9. The molecule has 0 spiro atoms. The van der Waals surface area contributed by atoms with Crippen LogP contribution in [0.5, 0.6) is 5.75 Å². The Labute approximate surface area is 152 Å². The second-order valence-corrected chi connectivity index (χ2v) is 8.71. The normalized spacial score (nSPS) is 17.4. The molecule has 0 saturated carbocycles. The Morgan fingerprint density at radius 2 is 2.08 bits per heavy atom. The average Bonchev–Trinajstić information content (AvgIpc) is 2.61. The topological polar surface area (TPSA) is 84.9 Å². The second kappa shape index (κ2) is 9.18. The molecule has 0 unspecified atom stereocenters. The van der Waals surface area contributed by atoms with E-state index in [1.807, 2.05) is 0 Å². The third-order valence-corrected chi connectivity index (χ3v) is 6.39. The lowest BCUT2D eigenvalue weighted by atomic mass is 9.97. The van der Waals surface area contributed by atoms with Gasteiger partial charge in [-0.15, -0.1) is 0 Å². The largest absolute Gasteiger partial charge is 0.491 e. The fourth-order valence-electron chi connectivity index (χ4n) is 2.61. The van der Waals surface area contributed by atoms with Crippen molar-refractivity contribution < 1.29 is 27.4 Å². The van der Waals surface area contributed by atoms with Crippen LogP contribution >= 0.6 is 11.8 Å². The van der Waals surface area contributed by atoms with Gasteiger partial charge in [-0.25, -0.2) is 17.5 Å². The zero-order valence-electron chi connectivity index (χ0n) is 14.2. The van der Waals surface area contributed by atoms with Crippen molar-refractivity contribution in [3.8, 4) is 5.75 Å². The number of halogens is 1. The number of rotatable bonds is 9. The summed E-state index contributed by atoms with van der Waals surface area (Å²) in [6.07, 6.45) is 1.38. The zero-order valence-corrected chi connectivity index (χ0v) is 15.8. The summed E-state index contributed by atoms with van der Waals surface area (Å²) in [5.74, 6) is 1.04. The lowest BCUT2D eigenvalue weighted by molar-refractivity contribution is -0.0591. The number of nitrogens with one attached hydrogen (secondary N) is 1. The minimum absolute atomic E-state index is 0.0218. The molecule has 0 radical (unpaired) electrons. The quantitative estimate of drug-likeness (QED) is 0.665. The molecule has 1 aliphatic heterocycles. The Morgan fingerprint density at radius 3 is 2.68 bits per heavy atom. The van der Waals surface area contributed by atoms with Crippen LogP contribution in [-0.2, 0) is 14.8 Å². The molecule has 0 bridgehead atoms. The molecule has 2 rings (SSSR count). The minimum Gasteiger partial charge on any atom is -0.491 e. The van der Waals surface area contributed by atoms with Gasteiger partial charge < -0.3 is 14.6 Å². The van der Waals surface area contributed by atoms with Gasteiger partial charge in [-0.2, -0.15) is 11.8 Å². The molecular weight excluding hydrogens is 369 g/mol. The van der Waals surface area contributed by atoms with E-state index in [0.29, 0.717) is 19.4 Å². The predicted octanol–water partition coefficient (Wildman–Crippen LogP) is 1.78. The summed E-state index contributed by atoms with van der Waals surface area (Å²) in [4.78, 5) is -0.157. The molecule has 9 heteroatoms. The van der Waals surface area contributed by atoms with Crippen molar-refractivity contribution in [1.82, 2.24) is 4.72 Å². The summed E-state index contributed by atoms with van der Waals surface area (Å²) >= 11 is 1.79. The number of thioether (sulfide) groups is 1. The van der Waals surface area contributed by atoms with Crippen LogP contribution in [0.15, 0.2) is 23.1 Å². The number of hydrogen-bond acceptors (Lipinski definition) is 6. The third-order valence-electron chi connectivity index (χ3n) is 4.00. The number of benzene rings is 1. The third kappa shape index (κ3) is 5.55. The molecule has 6 nitrogen and oxygen atoms in total. The molecule has 1 aromatic rings. The van der Waals surface area contributed by atoms with Gasteiger partial charge >= 0.3 is 0 Å². The van der Waals surface area contributed by atoms with Crippen molar-refractivity contribution in [3.05, 3.63) is 24.0 Å². The fraction of sp³-hybridized carbons (Fsp3) is 0.625. The average molecular weight is 394 g/mol. The molecule has 2 N–H and O–H groups in total. The van der Waals surface area contributed by atoms with Gasteiger partial charge in [0.2, 0.25) is 10.0 Å². The Hall–Kier alpha value is -0.870. The summed E-state index contributed by atoms with van der Waals surface area (Å²) in [6, 6.07) is 3.57. The van der Waals surface area contributed by atoms with Crippen molar-refractivity contribution in [1.29, 1.82) is 0 Å². The lowest BCUT2D eigenvalue weighted by Gasteiger charge is -2.37. The van der Waals surface area contributed by atoms with Crippen LogP contribution in [0.2, 0.25) is 0 Å². The van der Waals surface area contributed by atoms with Crippen LogP contribution in [0.25, 0.3) is 0 Å². The van der Waals surface area contributed by atoms with E-state index in [1.165, 1.54) is 12.1 Å². The van der Waals surface area contributed by atoms with Crippen molar-refractivity contribution in [2.24, 2.45) is 0 Å². The van der Waals surface area contributed by atoms with E-state index >= 15 is 0 Å². The van der Waals surface area contributed by atoms with Gasteiger partial charge in [-0.3, -0.25) is 0 Å². The molecule has 1 fully saturated rings. The van der Waals surface area contributed by atoms with Gasteiger partial charge in [0.15, 0.2) is 11.6 Å². The predicted molar refractivity (Wildman–Crippen MR) is 95.1 cm³/mol. The molecule has 1 aliphatic rings. The molecule has 0 amide bonds. The molecule has 0 atom stereocenters. The Bertz CT molecular complexity index is 662. The van der Waals surface area contributed by atoms with E-state index in [0.717, 1.165) is 17.6 Å². The maximum absolute atomic E-state index is 13.9. The Balaban J connectivity index is 2.10. The number of hydrogen-bond donors (Lipinski definition) is 2. The summed E-state index contributed by atoms with van der Waals surface area (Å²) < 4.78 is 52.2. The number of sulfonamides is 1. The molecule has 142 valence electrons. The Morgan fingerprint density at radius 1 is 1.36 bits per heavy atom. The van der Waals surface area contributed by atoms with E-state index < -0.39 is 21.4 Å². The first-order chi connectivity index (χ1) is 11.9. The van der Waals surface area contributed by atoms with Gasteiger partial charge in [0.25, 0.3) is 0 Å². The first kappa shape index (κ1) is 20.4. The number of aliphatic hydroxyl groups is 1. The lowest BCUT2D eigenvalue weighted by Crippen LogP contribution is -2.48. The summed E-state index contributed by atoms with van der Waals surface area (Å²) in [5.41, 5.74) is -0.634. The van der Waals surface area contributed by atoms with Crippen LogP contribution < -0.4 is 9.46 Å². The van der Waals surface area contributed by atoms with Crippen LogP contribution in [-0.4, -0.2) is 57.0 Å². The van der Waals surface area contributed by atoms with Crippen molar-refractivity contribution in [2.45, 2.75) is 30.3 Å². The highest BCUT2D eigenvalue weighted by atomic mass is 32.2. The molecule has 0 aliphatic carbocycles. The van der Waals surface area contributed by atoms with Gasteiger partial charge in [0.1, 0.15) is 0 Å². The van der Waals surface area contributed by atoms with Gasteiger partial charge in [0.05, 0.1) is 30.3 Å². The van der Waals surface area contributed by atoms with Crippen molar-refractivity contribution in [2.75, 3.05) is 37.9 Å². The first-order valence-corrected chi connectivity index (χ1v) is 10.8. The highest BCUT2D eigenvalue weighted by Gasteiger charge is 2.34. The van der Waals surface area contributed by atoms with Crippen molar-refractivity contribution in [3.63, 3.8) is 0 Å². The van der Waals surface area contributed by atoms with Crippen LogP contribution in [0.3, 0.4) is 0 Å². The minimum atomic E-state index is -3.87. The molecule has 1 saturated heterocycles. The van der Waals surface area contributed by atoms with E-state index in [2.05, 4.69) is 4.72 Å². The standard InChI is InChI=1S/C16H24FNO5S2/c1-2-22-15-4-3-13(11-14(15)17)25(20,21)18-12-16(23-8-7-19)5-9-24-10-6-16/h3-4,11,18-19H,2,5-10,12H2,1H3. The molecule has 1 aromatic carbocycles. The molecule has 0 aromatic heterocycles. The van der Waals surface area contributed by atoms with Crippen LogP contribution in [0, 0.1) is 5.82 Å². The number of aliphatic hydroxyl groups excluding tert-OH is 1. The van der Waals surface area contributed by atoms with Gasteiger partial charge in [-0.05, 0) is 49.5 Å². The maximum Gasteiger partial charge on any atom is 0.240 e. The van der Waals surface area contributed by atoms with E-state index in [1.54, 1.807) is 18.7 Å². The van der Waals surface area contributed by atoms with Crippen LogP contribution in [0.4, 0.5) is 4.39 Å². The second-order valence-electron chi connectivity index (χ2n) is 5.72. The first-order valence-electron chi connectivity index (χ1n) is 8.17. The number of ether oxygens (including phenoxy) is 2. The van der Waals surface area contributed by atoms with E-state index in [9.17, 15) is 12.8 Å². The summed E-state index contributed by atoms with van der Waals surface area (Å²) in [7, 11) is -3.87. The molecular formula is C16H24FNO5S2. The Kier molecular flexibility index (Phi) is 7.51. The highest BCUT2D eigenvalue weighted by molar-refractivity contribution is 7.99. The zero-order chi connectivity index (χ0) is 18.3. The van der Waals surface area contributed by atoms with E-state index in [-0.39, 0.29) is 30.4 Å². The van der Waals surface area contributed by atoms with Crippen molar-refractivity contribution >= 4 is 21.8 Å².